The maximum Gasteiger partial charge on any atom is 0.106 e. The van der Waals surface area contributed by atoms with E-state index in [1.54, 1.807) is 0 Å². The highest BCUT2D eigenvalue weighted by Crippen LogP contribution is 2.37. The van der Waals surface area contributed by atoms with Crippen LogP contribution in [0.4, 0.5) is 0 Å². The summed E-state index contributed by atoms with van der Waals surface area (Å²) < 4.78 is 0. The van der Waals surface area contributed by atoms with E-state index in [2.05, 4.69) is 26.7 Å². The largest absolute Gasteiger partial charge is 0.297 e. The van der Waals surface area contributed by atoms with Gasteiger partial charge in [-0.15, -0.1) is 0 Å². The Kier molecular flexibility index (Phi) is 4.27. The first-order valence-electron chi connectivity index (χ1n) is 9.68. The summed E-state index contributed by atoms with van der Waals surface area (Å²) >= 11 is 0. The maximum atomic E-state index is 9.55. The van der Waals surface area contributed by atoms with Gasteiger partial charge in [-0.05, 0) is 51.4 Å². The van der Waals surface area contributed by atoms with Gasteiger partial charge in [0, 0.05) is 12.1 Å². The van der Waals surface area contributed by atoms with E-state index in [0.29, 0.717) is 24.2 Å². The molecule has 0 aromatic heterocycles. The molecule has 0 amide bonds. The zero-order chi connectivity index (χ0) is 15.7. The Hall–Kier alpha value is -1.15. The maximum absolute atomic E-state index is 9.55. The van der Waals surface area contributed by atoms with Gasteiger partial charge in [0.15, 0.2) is 0 Å². The van der Waals surface area contributed by atoms with Gasteiger partial charge < -0.3 is 0 Å². The lowest BCUT2D eigenvalue weighted by molar-refractivity contribution is 0.0915. The predicted octanol–water partition coefficient (Wildman–Crippen LogP) is 3.72. The monoisotopic (exact) mass is 315 g/mol. The van der Waals surface area contributed by atoms with Gasteiger partial charge in [-0.2, -0.15) is 10.4 Å². The number of nitrogens with one attached hydrogen (secondary N) is 1. The van der Waals surface area contributed by atoms with Crippen LogP contribution in [-0.2, 0) is 0 Å². The van der Waals surface area contributed by atoms with E-state index < -0.39 is 0 Å². The van der Waals surface area contributed by atoms with Crippen molar-refractivity contribution in [3.8, 4) is 6.07 Å². The molecule has 5 heteroatoms. The average molecular weight is 315 g/mol. The molecule has 0 saturated heterocycles. The third-order valence-corrected chi connectivity index (χ3v) is 6.56. The fraction of sp³-hybridized carbons (Fsp3) is 0.944. The molecule has 4 rings (SSSR count). The zero-order valence-electron chi connectivity index (χ0n) is 14.1. The molecule has 0 bridgehead atoms. The Bertz CT molecular complexity index is 482. The summed E-state index contributed by atoms with van der Waals surface area (Å²) in [5.74, 6) is 0. The van der Waals surface area contributed by atoms with E-state index in [-0.39, 0.29) is 5.54 Å². The Balaban J connectivity index is 1.31. The molecular formula is C18H29N5. The first kappa shape index (κ1) is 15.4. The second-order valence-corrected chi connectivity index (χ2v) is 8.05. The summed E-state index contributed by atoms with van der Waals surface area (Å²) in [6, 6.07) is 4.72. The molecule has 5 nitrogen and oxygen atoms in total. The minimum absolute atomic E-state index is 0.223. The van der Waals surface area contributed by atoms with Gasteiger partial charge in [-0.25, -0.2) is 0 Å². The van der Waals surface area contributed by atoms with Crippen LogP contribution in [0.1, 0.15) is 77.0 Å². The molecule has 0 aromatic rings. The van der Waals surface area contributed by atoms with Crippen LogP contribution in [-0.4, -0.2) is 34.7 Å². The number of hydrogen-bond acceptors (Lipinski definition) is 5. The molecule has 23 heavy (non-hydrogen) atoms. The first-order valence-corrected chi connectivity index (χ1v) is 9.68. The van der Waals surface area contributed by atoms with Crippen molar-refractivity contribution in [2.24, 2.45) is 10.3 Å². The van der Waals surface area contributed by atoms with Gasteiger partial charge in [0.1, 0.15) is 5.54 Å². The van der Waals surface area contributed by atoms with Crippen molar-refractivity contribution in [2.75, 3.05) is 0 Å². The number of fused-ring (bicyclic) bond motifs is 1. The van der Waals surface area contributed by atoms with E-state index in [1.165, 1.54) is 64.2 Å². The van der Waals surface area contributed by atoms with Crippen molar-refractivity contribution in [3.05, 3.63) is 0 Å². The highest BCUT2D eigenvalue weighted by Gasteiger charge is 2.41. The summed E-state index contributed by atoms with van der Waals surface area (Å²) in [5, 5.41) is 24.7. The molecule has 3 fully saturated rings. The molecule has 2 unspecified atom stereocenters. The van der Waals surface area contributed by atoms with E-state index in [1.807, 2.05) is 0 Å². The number of rotatable bonds is 3. The SMILES string of the molecule is N#CC1(NC2CCC(N3N=NC4CCCCC43)CC2)CCCC1. The topological polar surface area (TPSA) is 63.8 Å². The van der Waals surface area contributed by atoms with Crippen molar-refractivity contribution in [1.82, 2.24) is 10.3 Å². The number of nitriles is 1. The van der Waals surface area contributed by atoms with Gasteiger partial charge in [0.25, 0.3) is 0 Å². The molecule has 0 radical (unpaired) electrons. The quantitative estimate of drug-likeness (QED) is 0.863. The fourth-order valence-corrected chi connectivity index (χ4v) is 5.21. The molecular weight excluding hydrogens is 286 g/mol. The third-order valence-electron chi connectivity index (χ3n) is 6.56. The molecule has 1 heterocycles. The summed E-state index contributed by atoms with van der Waals surface area (Å²) in [7, 11) is 0. The molecule has 0 aromatic carbocycles. The van der Waals surface area contributed by atoms with Gasteiger partial charge in [0.2, 0.25) is 0 Å². The van der Waals surface area contributed by atoms with Gasteiger partial charge in [0.05, 0.1) is 18.2 Å². The van der Waals surface area contributed by atoms with E-state index in [0.717, 1.165) is 12.8 Å². The standard InChI is InChI=1S/C18H29N5/c19-13-18(11-3-4-12-18)20-14-7-9-15(10-8-14)23-17-6-2-1-5-16(17)21-22-23/h14-17,20H,1-12H2. The second kappa shape index (κ2) is 6.39. The normalized spacial score (nSPS) is 39.2. The highest BCUT2D eigenvalue weighted by molar-refractivity contribution is 5.11. The Morgan fingerprint density at radius 1 is 0.957 bits per heavy atom. The molecule has 1 N–H and O–H groups in total. The van der Waals surface area contributed by atoms with Crippen molar-refractivity contribution >= 4 is 0 Å². The lowest BCUT2D eigenvalue weighted by atomic mass is 9.85. The lowest BCUT2D eigenvalue weighted by Gasteiger charge is -2.40. The van der Waals surface area contributed by atoms with Crippen molar-refractivity contribution < 1.29 is 0 Å². The van der Waals surface area contributed by atoms with Gasteiger partial charge >= 0.3 is 0 Å². The minimum Gasteiger partial charge on any atom is -0.297 e. The van der Waals surface area contributed by atoms with Crippen LogP contribution < -0.4 is 5.32 Å². The molecule has 2 atom stereocenters. The van der Waals surface area contributed by atoms with Crippen LogP contribution in [0.2, 0.25) is 0 Å². The van der Waals surface area contributed by atoms with E-state index in [9.17, 15) is 5.26 Å². The Morgan fingerprint density at radius 2 is 1.70 bits per heavy atom. The predicted molar refractivity (Wildman–Crippen MR) is 88.7 cm³/mol. The molecule has 3 saturated carbocycles. The minimum atomic E-state index is -0.223. The van der Waals surface area contributed by atoms with Crippen molar-refractivity contribution in [3.63, 3.8) is 0 Å². The first-order chi connectivity index (χ1) is 11.3. The molecule has 3 aliphatic carbocycles. The number of hydrogen-bond donors (Lipinski definition) is 1. The van der Waals surface area contributed by atoms with Crippen molar-refractivity contribution in [1.29, 1.82) is 5.26 Å². The number of nitrogens with zero attached hydrogens (tertiary/aromatic N) is 4. The second-order valence-electron chi connectivity index (χ2n) is 8.05. The Labute approximate surface area is 139 Å². The van der Waals surface area contributed by atoms with Crippen LogP contribution >= 0.6 is 0 Å². The molecule has 126 valence electrons. The van der Waals surface area contributed by atoms with Crippen LogP contribution in [0.25, 0.3) is 0 Å². The molecule has 1 aliphatic heterocycles. The summed E-state index contributed by atoms with van der Waals surface area (Å²) in [6.07, 6.45) is 14.4. The third kappa shape index (κ3) is 2.98. The highest BCUT2D eigenvalue weighted by atomic mass is 15.6. The van der Waals surface area contributed by atoms with Crippen LogP contribution in [0.5, 0.6) is 0 Å². The van der Waals surface area contributed by atoms with Crippen LogP contribution in [0.15, 0.2) is 10.3 Å². The zero-order valence-corrected chi connectivity index (χ0v) is 14.1. The fourth-order valence-electron chi connectivity index (χ4n) is 5.21. The van der Waals surface area contributed by atoms with Crippen molar-refractivity contribution in [2.45, 2.75) is 107 Å². The van der Waals surface area contributed by atoms with Gasteiger partial charge in [-0.1, -0.05) is 30.9 Å². The summed E-state index contributed by atoms with van der Waals surface area (Å²) in [6.45, 7) is 0. The summed E-state index contributed by atoms with van der Waals surface area (Å²) in [4.78, 5) is 0. The molecule has 0 spiro atoms. The van der Waals surface area contributed by atoms with Crippen LogP contribution in [0, 0.1) is 11.3 Å². The van der Waals surface area contributed by atoms with Crippen LogP contribution in [0.3, 0.4) is 0 Å². The summed E-state index contributed by atoms with van der Waals surface area (Å²) in [5.41, 5.74) is -0.223. The molecule has 4 aliphatic rings. The van der Waals surface area contributed by atoms with Gasteiger partial charge in [-0.3, -0.25) is 10.3 Å². The smallest absolute Gasteiger partial charge is 0.106 e. The lowest BCUT2D eigenvalue weighted by Crippen LogP contribution is -2.51. The Morgan fingerprint density at radius 3 is 2.43 bits per heavy atom. The van der Waals surface area contributed by atoms with E-state index >= 15 is 0 Å². The average Bonchev–Trinajstić information content (AvgIpc) is 3.23. The van der Waals surface area contributed by atoms with E-state index in [4.69, 9.17) is 0 Å².